The highest BCUT2D eigenvalue weighted by Crippen LogP contribution is 2.14. The lowest BCUT2D eigenvalue weighted by Gasteiger charge is -2.03. The highest BCUT2D eigenvalue weighted by molar-refractivity contribution is 6.09. The van der Waals surface area contributed by atoms with Gasteiger partial charge in [0, 0.05) is 14.2 Å². The largest absolute Gasteiger partial charge is 0.361 e. The van der Waals surface area contributed by atoms with Gasteiger partial charge in [-0.1, -0.05) is 32.6 Å². The molecule has 1 aliphatic carbocycles. The maximum atomic E-state index is 5.14. The topological polar surface area (TPSA) is 44.5 Å². The third kappa shape index (κ3) is 29.6. The Morgan fingerprint density at radius 2 is 1.64 bits per heavy atom. The van der Waals surface area contributed by atoms with E-state index in [0.29, 0.717) is 0 Å². The van der Waals surface area contributed by atoms with Crippen LogP contribution in [0.3, 0.4) is 0 Å². The molecule has 1 aliphatic rings. The van der Waals surface area contributed by atoms with E-state index in [2.05, 4.69) is 6.92 Å². The first kappa shape index (κ1) is 16.5. The second-order valence-electron chi connectivity index (χ2n) is 3.24. The summed E-state index contributed by atoms with van der Waals surface area (Å²) in [6.07, 6.45) is 6.89. The summed E-state index contributed by atoms with van der Waals surface area (Å²) in [4.78, 5) is 0. The maximum absolute atomic E-state index is 5.14. The van der Waals surface area contributed by atoms with Crippen LogP contribution in [0.5, 0.6) is 0 Å². The third-order valence-corrected chi connectivity index (χ3v) is 2.52. The van der Waals surface area contributed by atoms with Crippen LogP contribution in [0.2, 0.25) is 0 Å². The van der Waals surface area contributed by atoms with Gasteiger partial charge in [0.05, 0.1) is 10.2 Å². The van der Waals surface area contributed by atoms with Gasteiger partial charge in [-0.25, -0.2) is 0 Å². The predicted octanol–water partition coefficient (Wildman–Crippen LogP) is 0.844. The number of unbranched alkanes of at least 4 members (excludes halogenated alkanes) is 1. The molecule has 0 spiro atoms. The van der Waals surface area contributed by atoms with Gasteiger partial charge in [0.15, 0.2) is 0 Å². The van der Waals surface area contributed by atoms with Crippen molar-refractivity contribution in [3.8, 4) is 0 Å². The van der Waals surface area contributed by atoms with Crippen molar-refractivity contribution in [2.24, 2.45) is 5.73 Å². The molecule has 1 fully saturated rings. The first-order chi connectivity index (χ1) is 6.72. The number of rotatable bonds is 4. The SMILES string of the molecule is C1CC1.CCCCN.COC([SiH3])OC. The van der Waals surface area contributed by atoms with Gasteiger partial charge in [0.2, 0.25) is 0 Å². The van der Waals surface area contributed by atoms with Crippen molar-refractivity contribution in [1.29, 1.82) is 0 Å². The zero-order chi connectivity index (χ0) is 11.2. The Hall–Kier alpha value is 0.0969. The Morgan fingerprint density at radius 1 is 1.21 bits per heavy atom. The molecule has 0 aromatic carbocycles. The number of ether oxygens (including phenoxy) is 2. The Bertz CT molecular complexity index is 83.4. The summed E-state index contributed by atoms with van der Waals surface area (Å²) in [6, 6.07) is 0. The van der Waals surface area contributed by atoms with Crippen molar-refractivity contribution in [1.82, 2.24) is 0 Å². The average Bonchev–Trinajstić information content (AvgIpc) is 3.06. The summed E-state index contributed by atoms with van der Waals surface area (Å²) in [6.45, 7) is 2.98. The summed E-state index contributed by atoms with van der Waals surface area (Å²) in [7, 11) is 4.23. The van der Waals surface area contributed by atoms with Crippen molar-refractivity contribution < 1.29 is 9.47 Å². The molecule has 14 heavy (non-hydrogen) atoms. The zero-order valence-electron chi connectivity index (χ0n) is 10.2. The zero-order valence-corrected chi connectivity index (χ0v) is 12.2. The normalized spacial score (nSPS) is 12.6. The van der Waals surface area contributed by atoms with Crippen LogP contribution in [-0.2, 0) is 9.47 Å². The van der Waals surface area contributed by atoms with Crippen LogP contribution < -0.4 is 5.73 Å². The molecule has 0 aliphatic heterocycles. The molecular weight excluding hydrogens is 194 g/mol. The summed E-state index contributed by atoms with van der Waals surface area (Å²) >= 11 is 0. The van der Waals surface area contributed by atoms with Gasteiger partial charge in [-0.15, -0.1) is 0 Å². The van der Waals surface area contributed by atoms with E-state index in [1.807, 2.05) is 0 Å². The van der Waals surface area contributed by atoms with Gasteiger partial charge >= 0.3 is 0 Å². The van der Waals surface area contributed by atoms with E-state index in [-0.39, 0.29) is 5.91 Å². The minimum Gasteiger partial charge on any atom is -0.361 e. The van der Waals surface area contributed by atoms with E-state index in [4.69, 9.17) is 15.2 Å². The Morgan fingerprint density at radius 3 is 1.64 bits per heavy atom. The molecule has 0 bridgehead atoms. The van der Waals surface area contributed by atoms with E-state index in [9.17, 15) is 0 Å². The molecule has 4 heteroatoms. The summed E-state index contributed by atoms with van der Waals surface area (Å²) in [5.41, 5.74) is 5.14. The lowest BCUT2D eigenvalue weighted by molar-refractivity contribution is -0.0411. The molecule has 1 saturated carbocycles. The molecule has 0 amide bonds. The van der Waals surface area contributed by atoms with E-state index in [1.165, 1.54) is 32.1 Å². The first-order valence-corrected chi connectivity index (χ1v) is 6.64. The Balaban J connectivity index is 0. The first-order valence-electron chi connectivity index (χ1n) is 5.48. The molecule has 3 nitrogen and oxygen atoms in total. The average molecular weight is 221 g/mol. The lowest BCUT2D eigenvalue weighted by atomic mass is 10.3. The van der Waals surface area contributed by atoms with Crippen LogP contribution in [-0.4, -0.2) is 36.9 Å². The molecular formula is C10H27NO2Si. The van der Waals surface area contributed by atoms with E-state index >= 15 is 0 Å². The third-order valence-electron chi connectivity index (χ3n) is 1.58. The van der Waals surface area contributed by atoms with Crippen LogP contribution in [0.1, 0.15) is 39.0 Å². The summed E-state index contributed by atoms with van der Waals surface area (Å²) in [5, 5.41) is 0. The van der Waals surface area contributed by atoms with Gasteiger partial charge in [-0.3, -0.25) is 0 Å². The van der Waals surface area contributed by atoms with Gasteiger partial charge < -0.3 is 15.2 Å². The number of methoxy groups -OCH3 is 2. The highest BCUT2D eigenvalue weighted by Gasteiger charge is 1.95. The van der Waals surface area contributed by atoms with Crippen LogP contribution in [0.4, 0.5) is 0 Å². The van der Waals surface area contributed by atoms with Crippen LogP contribution >= 0.6 is 0 Å². The lowest BCUT2D eigenvalue weighted by Crippen LogP contribution is -2.11. The van der Waals surface area contributed by atoms with Crippen LogP contribution in [0, 0.1) is 0 Å². The van der Waals surface area contributed by atoms with Crippen LogP contribution in [0.25, 0.3) is 0 Å². The van der Waals surface area contributed by atoms with Crippen molar-refractivity contribution in [2.45, 2.75) is 44.9 Å². The fraction of sp³-hybridized carbons (Fsp3) is 1.00. The Kier molecular flexibility index (Phi) is 18.4. The van der Waals surface area contributed by atoms with Crippen molar-refractivity contribution in [3.63, 3.8) is 0 Å². The summed E-state index contributed by atoms with van der Waals surface area (Å²) < 4.78 is 9.48. The molecule has 0 radical (unpaired) electrons. The summed E-state index contributed by atoms with van der Waals surface area (Å²) in [5.74, 6) is 0.0741. The van der Waals surface area contributed by atoms with Crippen LogP contribution in [0.15, 0.2) is 0 Å². The Labute approximate surface area is 91.8 Å². The fourth-order valence-electron chi connectivity index (χ4n) is 0.300. The highest BCUT2D eigenvalue weighted by atomic mass is 28.1. The number of hydrogen-bond donors (Lipinski definition) is 1. The molecule has 0 heterocycles. The van der Waals surface area contributed by atoms with Gasteiger partial charge in [0.25, 0.3) is 0 Å². The molecule has 1 rings (SSSR count). The van der Waals surface area contributed by atoms with E-state index in [0.717, 1.165) is 16.8 Å². The minimum absolute atomic E-state index is 0.0741. The standard InChI is InChI=1S/C4H11N.C3H10O2Si.C3H6/c1-2-3-4-5;1-4-3(6)5-2;1-2-3-1/h2-5H2,1H3;3H,1-2,6H3;1-3H2. The minimum atomic E-state index is 0.0741. The molecule has 88 valence electrons. The molecule has 0 aromatic rings. The molecule has 0 saturated heterocycles. The quantitative estimate of drug-likeness (QED) is 0.565. The molecule has 0 unspecified atom stereocenters. The van der Waals surface area contributed by atoms with Crippen molar-refractivity contribution in [3.05, 3.63) is 0 Å². The fourth-order valence-corrected chi connectivity index (χ4v) is 0.300. The smallest absolute Gasteiger partial charge is 0.130 e. The van der Waals surface area contributed by atoms with Crippen molar-refractivity contribution >= 4 is 10.2 Å². The van der Waals surface area contributed by atoms with Gasteiger partial charge in [-0.05, 0) is 13.0 Å². The maximum Gasteiger partial charge on any atom is 0.130 e. The van der Waals surface area contributed by atoms with Gasteiger partial charge in [0.1, 0.15) is 5.91 Å². The predicted molar refractivity (Wildman–Crippen MR) is 65.6 cm³/mol. The monoisotopic (exact) mass is 221 g/mol. The number of hydrogen-bond acceptors (Lipinski definition) is 3. The number of nitrogens with two attached hydrogens (primary N) is 1. The molecule has 0 atom stereocenters. The van der Waals surface area contributed by atoms with E-state index < -0.39 is 0 Å². The second-order valence-corrected chi connectivity index (χ2v) is 4.18. The van der Waals surface area contributed by atoms with Gasteiger partial charge in [-0.2, -0.15) is 0 Å². The molecule has 2 N–H and O–H groups in total. The van der Waals surface area contributed by atoms with Crippen molar-refractivity contribution in [2.75, 3.05) is 20.8 Å². The second kappa shape index (κ2) is 15.6. The molecule has 0 aromatic heterocycles. The van der Waals surface area contributed by atoms with E-state index in [1.54, 1.807) is 14.2 Å².